The number of benzene rings is 1. The summed E-state index contributed by atoms with van der Waals surface area (Å²) in [7, 11) is 1.91. The third kappa shape index (κ3) is 3.78. The van der Waals surface area contributed by atoms with Crippen LogP contribution in [0.5, 0.6) is 0 Å². The van der Waals surface area contributed by atoms with Gasteiger partial charge in [-0.2, -0.15) is 0 Å². The van der Waals surface area contributed by atoms with E-state index in [0.29, 0.717) is 5.56 Å². The first kappa shape index (κ1) is 15.4. The number of likely N-dealkylation sites (tertiary alicyclic amines) is 1. The van der Waals surface area contributed by atoms with E-state index < -0.39 is 4.92 Å². The lowest BCUT2D eigenvalue weighted by molar-refractivity contribution is -0.384. The molecule has 0 aliphatic carbocycles. The van der Waals surface area contributed by atoms with Crippen molar-refractivity contribution in [3.63, 3.8) is 0 Å². The van der Waals surface area contributed by atoms with E-state index in [9.17, 15) is 14.9 Å². The van der Waals surface area contributed by atoms with Crippen LogP contribution in [-0.4, -0.2) is 41.9 Å². The Morgan fingerprint density at radius 1 is 1.38 bits per heavy atom. The molecular weight excluding hydrogens is 270 g/mol. The fourth-order valence-corrected chi connectivity index (χ4v) is 2.77. The molecule has 1 fully saturated rings. The minimum absolute atomic E-state index is 0.0110. The highest BCUT2D eigenvalue weighted by molar-refractivity contribution is 5.94. The Bertz CT molecular complexity index is 501. The summed E-state index contributed by atoms with van der Waals surface area (Å²) >= 11 is 0. The van der Waals surface area contributed by atoms with Crippen LogP contribution in [0.25, 0.3) is 0 Å². The molecule has 6 heteroatoms. The minimum Gasteiger partial charge on any atom is -0.336 e. The molecular formula is C15H21N3O3. The molecule has 1 aliphatic heterocycles. The number of hydrogen-bond acceptors (Lipinski definition) is 4. The third-order valence-electron chi connectivity index (χ3n) is 3.94. The van der Waals surface area contributed by atoms with Gasteiger partial charge in [0.1, 0.15) is 0 Å². The van der Waals surface area contributed by atoms with E-state index in [1.165, 1.54) is 12.1 Å². The second kappa shape index (κ2) is 7.17. The first-order valence-electron chi connectivity index (χ1n) is 7.33. The molecule has 6 nitrogen and oxygen atoms in total. The number of non-ortho nitro benzene ring substituents is 1. The van der Waals surface area contributed by atoms with Crippen LogP contribution in [0.1, 0.15) is 36.0 Å². The molecule has 1 amide bonds. The summed E-state index contributed by atoms with van der Waals surface area (Å²) in [6.45, 7) is 1.65. The fraction of sp³-hybridized carbons (Fsp3) is 0.533. The molecule has 1 unspecified atom stereocenters. The van der Waals surface area contributed by atoms with Gasteiger partial charge in [-0.15, -0.1) is 0 Å². The lowest BCUT2D eigenvalue weighted by atomic mass is 9.98. The Hall–Kier alpha value is -1.95. The molecule has 1 atom stereocenters. The van der Waals surface area contributed by atoms with Gasteiger partial charge in [0.25, 0.3) is 11.6 Å². The van der Waals surface area contributed by atoms with E-state index in [-0.39, 0.29) is 17.6 Å². The number of rotatable bonds is 5. The van der Waals surface area contributed by atoms with Gasteiger partial charge in [0.15, 0.2) is 0 Å². The Balaban J connectivity index is 2.10. The van der Waals surface area contributed by atoms with Gasteiger partial charge in [0.05, 0.1) is 4.92 Å². The van der Waals surface area contributed by atoms with Crippen LogP contribution < -0.4 is 5.32 Å². The van der Waals surface area contributed by atoms with Crippen molar-refractivity contribution in [1.29, 1.82) is 0 Å². The highest BCUT2D eigenvalue weighted by Gasteiger charge is 2.27. The number of nitro benzene ring substituents is 1. The van der Waals surface area contributed by atoms with E-state index in [0.717, 1.165) is 38.8 Å². The van der Waals surface area contributed by atoms with Crippen molar-refractivity contribution >= 4 is 11.6 Å². The van der Waals surface area contributed by atoms with Gasteiger partial charge in [-0.05, 0) is 51.4 Å². The Morgan fingerprint density at radius 2 is 2.10 bits per heavy atom. The van der Waals surface area contributed by atoms with Crippen LogP contribution >= 0.6 is 0 Å². The summed E-state index contributed by atoms with van der Waals surface area (Å²) in [6, 6.07) is 6.13. The van der Waals surface area contributed by atoms with Crippen molar-refractivity contribution in [3.05, 3.63) is 39.9 Å². The number of amides is 1. The number of hydrogen-bond donors (Lipinski definition) is 1. The maximum atomic E-state index is 12.6. The predicted molar refractivity (Wildman–Crippen MR) is 80.3 cm³/mol. The van der Waals surface area contributed by atoms with Crippen LogP contribution in [0.4, 0.5) is 5.69 Å². The quantitative estimate of drug-likeness (QED) is 0.666. The number of carbonyl (C=O) groups is 1. The average molecular weight is 291 g/mol. The highest BCUT2D eigenvalue weighted by Crippen LogP contribution is 2.22. The van der Waals surface area contributed by atoms with E-state index in [2.05, 4.69) is 5.32 Å². The summed E-state index contributed by atoms with van der Waals surface area (Å²) in [5, 5.41) is 13.8. The Kier molecular flexibility index (Phi) is 5.27. The van der Waals surface area contributed by atoms with Crippen molar-refractivity contribution in [2.24, 2.45) is 0 Å². The summed E-state index contributed by atoms with van der Waals surface area (Å²) in [4.78, 5) is 24.7. The van der Waals surface area contributed by atoms with Crippen molar-refractivity contribution in [2.45, 2.75) is 31.7 Å². The van der Waals surface area contributed by atoms with E-state index in [1.54, 1.807) is 12.1 Å². The standard InChI is InChI=1S/C15H21N3O3/c1-16-10-9-13-4-2-3-11-17(13)15(19)12-5-7-14(8-6-12)18(20)21/h5-8,13,16H,2-4,9-11H2,1H3. The molecule has 1 N–H and O–H groups in total. The van der Waals surface area contributed by atoms with Gasteiger partial charge in [-0.3, -0.25) is 14.9 Å². The fourth-order valence-electron chi connectivity index (χ4n) is 2.77. The summed E-state index contributed by atoms with van der Waals surface area (Å²) < 4.78 is 0. The van der Waals surface area contributed by atoms with E-state index in [1.807, 2.05) is 11.9 Å². The number of carbonyl (C=O) groups excluding carboxylic acids is 1. The second-order valence-electron chi connectivity index (χ2n) is 5.34. The molecule has 1 heterocycles. The van der Waals surface area contributed by atoms with Crippen LogP contribution in [0, 0.1) is 10.1 Å². The molecule has 0 radical (unpaired) electrons. The van der Waals surface area contributed by atoms with E-state index >= 15 is 0 Å². The molecule has 2 rings (SSSR count). The Morgan fingerprint density at radius 3 is 2.71 bits per heavy atom. The van der Waals surface area contributed by atoms with Crippen LogP contribution in [-0.2, 0) is 0 Å². The van der Waals surface area contributed by atoms with Gasteiger partial charge in [0, 0.05) is 30.3 Å². The molecule has 0 saturated carbocycles. The maximum absolute atomic E-state index is 12.6. The molecule has 0 bridgehead atoms. The zero-order valence-corrected chi connectivity index (χ0v) is 12.2. The van der Waals surface area contributed by atoms with Crippen molar-refractivity contribution < 1.29 is 9.72 Å². The molecule has 1 aromatic carbocycles. The van der Waals surface area contributed by atoms with Crippen molar-refractivity contribution in [2.75, 3.05) is 20.1 Å². The largest absolute Gasteiger partial charge is 0.336 e. The van der Waals surface area contributed by atoms with Gasteiger partial charge < -0.3 is 10.2 Å². The lowest BCUT2D eigenvalue weighted by Gasteiger charge is -2.36. The number of piperidine rings is 1. The summed E-state index contributed by atoms with van der Waals surface area (Å²) in [6.07, 6.45) is 4.14. The second-order valence-corrected chi connectivity index (χ2v) is 5.34. The first-order chi connectivity index (χ1) is 10.1. The number of nitro groups is 1. The van der Waals surface area contributed by atoms with Gasteiger partial charge in [0.2, 0.25) is 0 Å². The smallest absolute Gasteiger partial charge is 0.269 e. The van der Waals surface area contributed by atoms with Gasteiger partial charge >= 0.3 is 0 Å². The van der Waals surface area contributed by atoms with Crippen molar-refractivity contribution in [3.8, 4) is 0 Å². The lowest BCUT2D eigenvalue weighted by Crippen LogP contribution is -2.44. The molecule has 0 spiro atoms. The normalized spacial score (nSPS) is 18.5. The molecule has 0 aromatic heterocycles. The van der Waals surface area contributed by atoms with Crippen LogP contribution in [0.15, 0.2) is 24.3 Å². The Labute approximate surface area is 124 Å². The zero-order chi connectivity index (χ0) is 15.2. The third-order valence-corrected chi connectivity index (χ3v) is 3.94. The molecule has 114 valence electrons. The first-order valence-corrected chi connectivity index (χ1v) is 7.33. The average Bonchev–Trinajstić information content (AvgIpc) is 2.52. The van der Waals surface area contributed by atoms with E-state index in [4.69, 9.17) is 0 Å². The highest BCUT2D eigenvalue weighted by atomic mass is 16.6. The molecule has 21 heavy (non-hydrogen) atoms. The molecule has 1 aromatic rings. The van der Waals surface area contributed by atoms with Crippen LogP contribution in [0.2, 0.25) is 0 Å². The summed E-state index contributed by atoms with van der Waals surface area (Å²) in [5.74, 6) is -0.0225. The SMILES string of the molecule is CNCCC1CCCCN1C(=O)c1ccc([N+](=O)[O-])cc1. The maximum Gasteiger partial charge on any atom is 0.269 e. The minimum atomic E-state index is -0.453. The van der Waals surface area contributed by atoms with Crippen LogP contribution in [0.3, 0.4) is 0 Å². The zero-order valence-electron chi connectivity index (χ0n) is 12.2. The number of nitrogens with zero attached hydrogens (tertiary/aromatic N) is 2. The topological polar surface area (TPSA) is 75.5 Å². The molecule has 1 aliphatic rings. The summed E-state index contributed by atoms with van der Waals surface area (Å²) in [5.41, 5.74) is 0.536. The number of nitrogens with one attached hydrogen (secondary N) is 1. The van der Waals surface area contributed by atoms with Gasteiger partial charge in [-0.25, -0.2) is 0 Å². The predicted octanol–water partition coefficient (Wildman–Crippen LogP) is 2.20. The van der Waals surface area contributed by atoms with Gasteiger partial charge in [-0.1, -0.05) is 0 Å². The monoisotopic (exact) mass is 291 g/mol. The van der Waals surface area contributed by atoms with Crippen molar-refractivity contribution in [1.82, 2.24) is 10.2 Å². The molecule has 1 saturated heterocycles.